The third-order valence-electron chi connectivity index (χ3n) is 5.97. The number of rotatable bonds is 8. The Morgan fingerprint density at radius 1 is 1.12 bits per heavy atom. The highest BCUT2D eigenvalue weighted by molar-refractivity contribution is 7.89. The summed E-state index contributed by atoms with van der Waals surface area (Å²) in [5.41, 5.74) is 1.41. The van der Waals surface area contributed by atoms with Crippen LogP contribution < -0.4 is 14.4 Å². The van der Waals surface area contributed by atoms with Crippen molar-refractivity contribution in [2.75, 3.05) is 18.1 Å². The van der Waals surface area contributed by atoms with Gasteiger partial charge in [0, 0.05) is 12.5 Å². The van der Waals surface area contributed by atoms with Crippen LogP contribution in [0.2, 0.25) is 0 Å². The Balaban J connectivity index is 1.33. The van der Waals surface area contributed by atoms with Gasteiger partial charge < -0.3 is 9.26 Å². The van der Waals surface area contributed by atoms with E-state index in [1.807, 2.05) is 30.3 Å². The van der Waals surface area contributed by atoms with E-state index in [9.17, 15) is 13.2 Å². The van der Waals surface area contributed by atoms with Crippen LogP contribution >= 0.6 is 0 Å². The lowest BCUT2D eigenvalue weighted by molar-refractivity contribution is -0.121. The highest BCUT2D eigenvalue weighted by Crippen LogP contribution is 2.37. The molecule has 0 radical (unpaired) electrons. The molecule has 1 saturated carbocycles. The molecule has 1 N–H and O–H groups in total. The number of benzene rings is 2. The molecule has 0 saturated heterocycles. The number of ether oxygens (including phenoxy) is 1. The average molecular weight is 469 g/mol. The fourth-order valence-electron chi connectivity index (χ4n) is 3.87. The third kappa shape index (κ3) is 4.62. The lowest BCUT2D eigenvalue weighted by Crippen LogP contribution is -2.38. The number of carbonyl (C=O) groups excluding carboxylic acids is 1. The van der Waals surface area contributed by atoms with Crippen LogP contribution in [0.3, 0.4) is 0 Å². The number of aromatic nitrogens is 2. The van der Waals surface area contributed by atoms with E-state index in [4.69, 9.17) is 9.26 Å². The molecule has 0 unspecified atom stereocenters. The zero-order valence-electron chi connectivity index (χ0n) is 17.9. The van der Waals surface area contributed by atoms with Crippen LogP contribution in [0.25, 0.3) is 0 Å². The van der Waals surface area contributed by atoms with Gasteiger partial charge in [0.05, 0.1) is 17.1 Å². The van der Waals surface area contributed by atoms with Gasteiger partial charge in [-0.2, -0.15) is 4.98 Å². The number of hydrogen-bond donors (Lipinski definition) is 1. The van der Waals surface area contributed by atoms with Crippen LogP contribution in [0.1, 0.15) is 42.5 Å². The summed E-state index contributed by atoms with van der Waals surface area (Å²) in [5, 5.41) is 4.01. The molecule has 33 heavy (non-hydrogen) atoms. The Bertz CT molecular complexity index is 1250. The Morgan fingerprint density at radius 3 is 2.70 bits per heavy atom. The maximum Gasteiger partial charge on any atom is 0.265 e. The van der Waals surface area contributed by atoms with Crippen molar-refractivity contribution in [1.82, 2.24) is 14.9 Å². The molecule has 0 atom stereocenters. The molecule has 1 aliphatic heterocycles. The molecular weight excluding hydrogens is 444 g/mol. The fraction of sp³-hybridized carbons (Fsp3) is 0.348. The summed E-state index contributed by atoms with van der Waals surface area (Å²) in [4.78, 5) is 18.5. The van der Waals surface area contributed by atoms with Gasteiger partial charge in [-0.15, -0.1) is 0 Å². The first-order valence-corrected chi connectivity index (χ1v) is 12.4. The van der Waals surface area contributed by atoms with Crippen molar-refractivity contribution in [2.45, 2.75) is 43.0 Å². The van der Waals surface area contributed by atoms with Gasteiger partial charge in [-0.05, 0) is 43.0 Å². The standard InChI is InChI=1S/C23H24N4O5S/c28-22-15-31-20-10-9-18(33(29,30)24-12-11-16-5-2-1-3-6-16)13-19(20)27(22)14-21-25-23(32-26-21)17-7-4-8-17/h1-3,5-6,9-10,13,17,24H,4,7-8,11-12,14-15H2. The maximum absolute atomic E-state index is 12.9. The monoisotopic (exact) mass is 468 g/mol. The molecule has 1 fully saturated rings. The number of carbonyl (C=O) groups is 1. The molecule has 2 aromatic carbocycles. The minimum atomic E-state index is -3.77. The number of hydrogen-bond acceptors (Lipinski definition) is 7. The number of amides is 1. The highest BCUT2D eigenvalue weighted by atomic mass is 32.2. The number of nitrogens with zero attached hydrogens (tertiary/aromatic N) is 3. The summed E-state index contributed by atoms with van der Waals surface area (Å²) in [7, 11) is -3.77. The lowest BCUT2D eigenvalue weighted by atomic mass is 9.85. The molecule has 172 valence electrons. The first-order chi connectivity index (χ1) is 16.0. The summed E-state index contributed by atoms with van der Waals surface area (Å²) in [6.45, 7) is 0.202. The second-order valence-electron chi connectivity index (χ2n) is 8.21. The van der Waals surface area contributed by atoms with Crippen molar-refractivity contribution in [1.29, 1.82) is 0 Å². The van der Waals surface area contributed by atoms with Gasteiger partial charge in [-0.25, -0.2) is 13.1 Å². The predicted molar refractivity (Wildman–Crippen MR) is 119 cm³/mol. The summed E-state index contributed by atoms with van der Waals surface area (Å²) in [6, 6.07) is 14.1. The molecule has 1 aromatic heterocycles. The molecule has 1 aliphatic carbocycles. The van der Waals surface area contributed by atoms with Crippen LogP contribution in [-0.2, 0) is 27.8 Å². The van der Waals surface area contributed by atoms with Gasteiger partial charge >= 0.3 is 0 Å². The number of nitrogens with one attached hydrogen (secondary N) is 1. The smallest absolute Gasteiger partial charge is 0.265 e. The highest BCUT2D eigenvalue weighted by Gasteiger charge is 2.30. The van der Waals surface area contributed by atoms with Crippen LogP contribution in [0.15, 0.2) is 57.9 Å². The van der Waals surface area contributed by atoms with Gasteiger partial charge in [-0.1, -0.05) is 41.9 Å². The minimum Gasteiger partial charge on any atom is -0.482 e. The van der Waals surface area contributed by atoms with Crippen molar-refractivity contribution in [3.63, 3.8) is 0 Å². The predicted octanol–water partition coefficient (Wildman–Crippen LogP) is 2.78. The summed E-state index contributed by atoms with van der Waals surface area (Å²) in [6.07, 6.45) is 3.77. The van der Waals surface area contributed by atoms with E-state index in [1.54, 1.807) is 6.07 Å². The zero-order chi connectivity index (χ0) is 22.8. The molecule has 2 heterocycles. The molecular formula is C23H24N4O5S. The van der Waals surface area contributed by atoms with Crippen LogP contribution in [-0.4, -0.2) is 37.6 Å². The van der Waals surface area contributed by atoms with Gasteiger partial charge in [-0.3, -0.25) is 9.69 Å². The number of anilines is 1. The molecule has 1 amide bonds. The van der Waals surface area contributed by atoms with Gasteiger partial charge in [0.1, 0.15) is 5.75 Å². The van der Waals surface area contributed by atoms with Crippen molar-refractivity contribution in [3.05, 3.63) is 65.8 Å². The molecule has 3 aromatic rings. The summed E-state index contributed by atoms with van der Waals surface area (Å²) >= 11 is 0. The van der Waals surface area contributed by atoms with Crippen LogP contribution in [0, 0.1) is 0 Å². The molecule has 0 bridgehead atoms. The van der Waals surface area contributed by atoms with Crippen molar-refractivity contribution in [2.24, 2.45) is 0 Å². The molecule has 9 nitrogen and oxygen atoms in total. The Labute approximate surface area is 191 Å². The van der Waals surface area contributed by atoms with E-state index in [2.05, 4.69) is 14.9 Å². The molecule has 0 spiro atoms. The average Bonchev–Trinajstić information content (AvgIpc) is 3.22. The van der Waals surface area contributed by atoms with Crippen molar-refractivity contribution < 1.29 is 22.5 Å². The largest absolute Gasteiger partial charge is 0.482 e. The van der Waals surface area contributed by atoms with E-state index >= 15 is 0 Å². The van der Waals surface area contributed by atoms with E-state index in [0.29, 0.717) is 29.6 Å². The molecule has 2 aliphatic rings. The van der Waals surface area contributed by atoms with E-state index in [-0.39, 0.29) is 36.4 Å². The minimum absolute atomic E-state index is 0.0564. The third-order valence-corrected chi connectivity index (χ3v) is 7.43. The first-order valence-electron chi connectivity index (χ1n) is 10.9. The van der Waals surface area contributed by atoms with E-state index in [1.165, 1.54) is 17.0 Å². The van der Waals surface area contributed by atoms with E-state index in [0.717, 1.165) is 24.8 Å². The van der Waals surface area contributed by atoms with Crippen molar-refractivity contribution >= 4 is 21.6 Å². The Kier molecular flexibility index (Phi) is 5.86. The van der Waals surface area contributed by atoms with Crippen LogP contribution in [0.4, 0.5) is 5.69 Å². The van der Waals surface area contributed by atoms with Gasteiger partial charge in [0.2, 0.25) is 15.9 Å². The maximum atomic E-state index is 12.9. The SMILES string of the molecule is O=C1COc2ccc(S(=O)(=O)NCCc3ccccc3)cc2N1Cc1noc(C2CCC2)n1. The zero-order valence-corrected chi connectivity index (χ0v) is 18.8. The molecule has 5 rings (SSSR count). The second-order valence-corrected chi connectivity index (χ2v) is 9.98. The van der Waals surface area contributed by atoms with Crippen LogP contribution in [0.5, 0.6) is 5.75 Å². The van der Waals surface area contributed by atoms with Gasteiger partial charge in [0.25, 0.3) is 5.91 Å². The number of sulfonamides is 1. The fourth-order valence-corrected chi connectivity index (χ4v) is 4.93. The topological polar surface area (TPSA) is 115 Å². The molecule has 10 heteroatoms. The second kappa shape index (κ2) is 8.95. The van der Waals surface area contributed by atoms with E-state index < -0.39 is 10.0 Å². The summed E-state index contributed by atoms with van der Waals surface area (Å²) < 4.78 is 39.2. The van der Waals surface area contributed by atoms with Gasteiger partial charge in [0.15, 0.2) is 12.4 Å². The summed E-state index contributed by atoms with van der Waals surface area (Å²) in [5.74, 6) is 1.39. The Hall–Kier alpha value is -3.24. The first kappa shape index (κ1) is 21.6. The normalized spacial score (nSPS) is 16.2. The lowest BCUT2D eigenvalue weighted by Gasteiger charge is -2.28. The quantitative estimate of drug-likeness (QED) is 0.541. The van der Waals surface area contributed by atoms with Crippen molar-refractivity contribution in [3.8, 4) is 5.75 Å². The Morgan fingerprint density at radius 2 is 1.94 bits per heavy atom. The number of fused-ring (bicyclic) bond motifs is 1.